The van der Waals surface area contributed by atoms with Gasteiger partial charge >= 0.3 is 0 Å². The first-order valence-electron chi connectivity index (χ1n) is 8.34. The number of fused-ring (bicyclic) bond motifs is 1. The van der Waals surface area contributed by atoms with Gasteiger partial charge in [-0.15, -0.1) is 0 Å². The Hall–Kier alpha value is -2.34. The second kappa shape index (κ2) is 5.63. The molecule has 0 radical (unpaired) electrons. The largest absolute Gasteiger partial charge is 0.463 e. The summed E-state index contributed by atoms with van der Waals surface area (Å²) in [4.78, 5) is 7.06. The van der Waals surface area contributed by atoms with Gasteiger partial charge in [0.15, 0.2) is 11.4 Å². The maximum Gasteiger partial charge on any atom is 0.158 e. The van der Waals surface area contributed by atoms with Crippen molar-refractivity contribution in [3.63, 3.8) is 0 Å². The Morgan fingerprint density at radius 1 is 1.17 bits per heavy atom. The molecular formula is C18H22N4O2. The van der Waals surface area contributed by atoms with E-state index in [0.717, 1.165) is 47.3 Å². The van der Waals surface area contributed by atoms with Crippen LogP contribution >= 0.6 is 0 Å². The van der Waals surface area contributed by atoms with Gasteiger partial charge in [0.25, 0.3) is 0 Å². The highest BCUT2D eigenvalue weighted by atomic mass is 16.5. The monoisotopic (exact) mass is 326 g/mol. The van der Waals surface area contributed by atoms with Gasteiger partial charge < -0.3 is 14.1 Å². The van der Waals surface area contributed by atoms with Gasteiger partial charge in [0.05, 0.1) is 18.5 Å². The fourth-order valence-electron chi connectivity index (χ4n) is 3.45. The van der Waals surface area contributed by atoms with E-state index in [1.807, 2.05) is 29.6 Å². The van der Waals surface area contributed by atoms with Gasteiger partial charge in [0.2, 0.25) is 0 Å². The van der Waals surface area contributed by atoms with Crippen LogP contribution in [-0.4, -0.2) is 39.9 Å². The summed E-state index contributed by atoms with van der Waals surface area (Å²) in [7, 11) is 0. The molecule has 0 amide bonds. The second-order valence-corrected chi connectivity index (χ2v) is 6.59. The first-order valence-corrected chi connectivity index (χ1v) is 8.34. The summed E-state index contributed by atoms with van der Waals surface area (Å²) in [5, 5.41) is 4.76. The molecule has 2 atom stereocenters. The lowest BCUT2D eigenvalue weighted by Crippen LogP contribution is -2.46. The van der Waals surface area contributed by atoms with E-state index < -0.39 is 0 Å². The summed E-state index contributed by atoms with van der Waals surface area (Å²) >= 11 is 0. The SMILES string of the molecule is Cc1nc2cc(-c3ccco3)nn2c(N2C[C@@H](C)O[C@H](C)C2)c1C. The van der Waals surface area contributed by atoms with E-state index in [-0.39, 0.29) is 12.2 Å². The van der Waals surface area contributed by atoms with Gasteiger partial charge in [-0.3, -0.25) is 0 Å². The highest BCUT2D eigenvalue weighted by Crippen LogP contribution is 2.29. The van der Waals surface area contributed by atoms with Gasteiger partial charge in [-0.1, -0.05) is 0 Å². The molecular weight excluding hydrogens is 304 g/mol. The highest BCUT2D eigenvalue weighted by Gasteiger charge is 2.27. The molecule has 0 N–H and O–H groups in total. The zero-order valence-electron chi connectivity index (χ0n) is 14.5. The molecule has 1 saturated heterocycles. The maximum absolute atomic E-state index is 5.88. The van der Waals surface area contributed by atoms with Crippen LogP contribution in [0.4, 0.5) is 5.82 Å². The van der Waals surface area contributed by atoms with Gasteiger partial charge in [-0.2, -0.15) is 9.61 Å². The number of furan rings is 1. The van der Waals surface area contributed by atoms with E-state index in [1.165, 1.54) is 0 Å². The summed E-state index contributed by atoms with van der Waals surface area (Å²) in [6, 6.07) is 5.76. The number of rotatable bonds is 2. The van der Waals surface area contributed by atoms with Gasteiger partial charge in [-0.05, 0) is 39.8 Å². The van der Waals surface area contributed by atoms with E-state index in [9.17, 15) is 0 Å². The van der Waals surface area contributed by atoms with Crippen LogP contribution in [0.3, 0.4) is 0 Å². The van der Waals surface area contributed by atoms with Crippen molar-refractivity contribution in [2.45, 2.75) is 39.9 Å². The van der Waals surface area contributed by atoms with E-state index in [0.29, 0.717) is 0 Å². The van der Waals surface area contributed by atoms with E-state index in [1.54, 1.807) is 6.26 Å². The van der Waals surface area contributed by atoms with Crippen LogP contribution in [0.25, 0.3) is 17.1 Å². The molecule has 1 fully saturated rings. The van der Waals surface area contributed by atoms with Gasteiger partial charge in [0, 0.05) is 30.4 Å². The lowest BCUT2D eigenvalue weighted by Gasteiger charge is -2.37. The molecule has 0 saturated carbocycles. The molecule has 24 heavy (non-hydrogen) atoms. The minimum atomic E-state index is 0.191. The Morgan fingerprint density at radius 2 is 1.92 bits per heavy atom. The van der Waals surface area contributed by atoms with E-state index in [2.05, 4.69) is 25.7 Å². The summed E-state index contributed by atoms with van der Waals surface area (Å²) in [6.45, 7) is 10.1. The molecule has 1 aliphatic heterocycles. The number of anilines is 1. The topological polar surface area (TPSA) is 55.8 Å². The number of hydrogen-bond donors (Lipinski definition) is 0. The molecule has 0 unspecified atom stereocenters. The zero-order valence-corrected chi connectivity index (χ0v) is 14.5. The molecule has 4 rings (SSSR count). The van der Waals surface area contributed by atoms with Crippen molar-refractivity contribution in [3.05, 3.63) is 35.7 Å². The second-order valence-electron chi connectivity index (χ2n) is 6.59. The van der Waals surface area contributed by atoms with Crippen LogP contribution in [0.2, 0.25) is 0 Å². The highest BCUT2D eigenvalue weighted by molar-refractivity contribution is 5.64. The zero-order chi connectivity index (χ0) is 16.8. The van der Waals surface area contributed by atoms with Gasteiger partial charge in [0.1, 0.15) is 11.5 Å². The number of morpholine rings is 1. The summed E-state index contributed by atoms with van der Waals surface area (Å²) < 4.78 is 13.3. The summed E-state index contributed by atoms with van der Waals surface area (Å²) in [5.41, 5.74) is 3.81. The third kappa shape index (κ3) is 2.47. The lowest BCUT2D eigenvalue weighted by molar-refractivity contribution is -0.00561. The molecule has 3 aromatic heterocycles. The van der Waals surface area contributed by atoms with Crippen molar-refractivity contribution < 1.29 is 9.15 Å². The Kier molecular flexibility index (Phi) is 3.57. The number of hydrogen-bond acceptors (Lipinski definition) is 5. The molecule has 3 aromatic rings. The van der Waals surface area contributed by atoms with Crippen molar-refractivity contribution >= 4 is 11.5 Å². The number of aromatic nitrogens is 3. The fraction of sp³-hybridized carbons (Fsp3) is 0.444. The molecule has 0 aliphatic carbocycles. The quantitative estimate of drug-likeness (QED) is 0.724. The molecule has 0 aromatic carbocycles. The summed E-state index contributed by atoms with van der Waals surface area (Å²) in [6.07, 6.45) is 2.05. The third-order valence-corrected chi connectivity index (χ3v) is 4.54. The molecule has 1 aliphatic rings. The minimum absolute atomic E-state index is 0.191. The van der Waals surface area contributed by atoms with Crippen LogP contribution in [-0.2, 0) is 4.74 Å². The Labute approximate surface area is 141 Å². The standard InChI is InChI=1S/C18H22N4O2/c1-11-9-21(10-12(2)24-11)18-13(3)14(4)19-17-8-15(20-22(17)18)16-6-5-7-23-16/h5-8,11-12H,9-10H2,1-4H3/t11-,12-/m1/s1. The predicted octanol–water partition coefficient (Wildman–Crippen LogP) is 3.22. The normalized spacial score (nSPS) is 21.6. The predicted molar refractivity (Wildman–Crippen MR) is 92.4 cm³/mol. The van der Waals surface area contributed by atoms with Crippen LogP contribution in [0.1, 0.15) is 25.1 Å². The van der Waals surface area contributed by atoms with Crippen molar-refractivity contribution in [1.29, 1.82) is 0 Å². The van der Waals surface area contributed by atoms with E-state index in [4.69, 9.17) is 19.2 Å². The minimum Gasteiger partial charge on any atom is -0.463 e. The van der Waals surface area contributed by atoms with Crippen LogP contribution in [0.15, 0.2) is 28.9 Å². The molecule has 126 valence electrons. The molecule has 0 spiro atoms. The van der Waals surface area contributed by atoms with Crippen molar-refractivity contribution in [3.8, 4) is 11.5 Å². The fourth-order valence-corrected chi connectivity index (χ4v) is 3.45. The Bertz CT molecular complexity index is 859. The number of nitrogens with zero attached hydrogens (tertiary/aromatic N) is 4. The maximum atomic E-state index is 5.88. The molecule has 0 bridgehead atoms. The average Bonchev–Trinajstić information content (AvgIpc) is 3.16. The van der Waals surface area contributed by atoms with Crippen molar-refractivity contribution in [1.82, 2.24) is 14.6 Å². The van der Waals surface area contributed by atoms with Crippen LogP contribution < -0.4 is 4.90 Å². The molecule has 6 heteroatoms. The Morgan fingerprint density at radius 3 is 2.58 bits per heavy atom. The lowest BCUT2D eigenvalue weighted by atomic mass is 10.2. The van der Waals surface area contributed by atoms with Crippen molar-refractivity contribution in [2.75, 3.05) is 18.0 Å². The first kappa shape index (κ1) is 15.2. The van der Waals surface area contributed by atoms with E-state index >= 15 is 0 Å². The number of aryl methyl sites for hydroxylation is 1. The Balaban J connectivity index is 1.88. The average molecular weight is 326 g/mol. The number of ether oxygens (including phenoxy) is 1. The smallest absolute Gasteiger partial charge is 0.158 e. The van der Waals surface area contributed by atoms with Gasteiger partial charge in [-0.25, -0.2) is 4.98 Å². The first-order chi connectivity index (χ1) is 11.5. The van der Waals surface area contributed by atoms with Crippen LogP contribution in [0, 0.1) is 13.8 Å². The molecule has 4 heterocycles. The summed E-state index contributed by atoms with van der Waals surface area (Å²) in [5.74, 6) is 1.85. The van der Waals surface area contributed by atoms with Crippen molar-refractivity contribution in [2.24, 2.45) is 0 Å². The molecule has 6 nitrogen and oxygen atoms in total. The van der Waals surface area contributed by atoms with Crippen LogP contribution in [0.5, 0.6) is 0 Å². The third-order valence-electron chi connectivity index (χ3n) is 4.54.